The fourth-order valence-electron chi connectivity index (χ4n) is 1.72. The van der Waals surface area contributed by atoms with Gasteiger partial charge >= 0.3 is 0 Å². The Morgan fingerprint density at radius 2 is 2.39 bits per heavy atom. The van der Waals surface area contributed by atoms with Gasteiger partial charge in [-0.15, -0.1) is 0 Å². The number of amides is 1. The zero-order valence-corrected chi connectivity index (χ0v) is 10.9. The predicted octanol–water partition coefficient (Wildman–Crippen LogP) is 1.98. The molecule has 1 atom stereocenters. The van der Waals surface area contributed by atoms with E-state index in [-0.39, 0.29) is 11.9 Å². The minimum Gasteiger partial charge on any atom is -0.383 e. The molecule has 1 aromatic carbocycles. The number of benzene rings is 1. The fourth-order valence-corrected chi connectivity index (χ4v) is 1.91. The molecule has 6 heteroatoms. The smallest absolute Gasteiger partial charge is 0.251 e. The first-order valence-corrected chi connectivity index (χ1v) is 5.93. The maximum Gasteiger partial charge on any atom is 0.251 e. The van der Waals surface area contributed by atoms with Crippen molar-refractivity contribution in [3.63, 3.8) is 0 Å². The number of hydrogen-bond donors (Lipinski definition) is 2. The number of H-pyrrole nitrogens is 1. The Morgan fingerprint density at radius 3 is 3.11 bits per heavy atom. The molecule has 2 aromatic rings. The lowest BCUT2D eigenvalue weighted by molar-refractivity contribution is 0.0905. The summed E-state index contributed by atoms with van der Waals surface area (Å²) < 4.78 is 4.97. The van der Waals surface area contributed by atoms with Crippen molar-refractivity contribution < 1.29 is 9.53 Å². The van der Waals surface area contributed by atoms with Crippen molar-refractivity contribution in [1.29, 1.82) is 0 Å². The highest BCUT2D eigenvalue weighted by Crippen LogP contribution is 2.16. The average molecular weight is 268 g/mol. The molecule has 2 N–H and O–H groups in total. The number of carbonyl (C=O) groups is 1. The van der Waals surface area contributed by atoms with Crippen LogP contribution in [0.2, 0.25) is 5.28 Å². The second-order valence-electron chi connectivity index (χ2n) is 4.09. The summed E-state index contributed by atoms with van der Waals surface area (Å²) in [6.45, 7) is 2.36. The number of rotatable bonds is 4. The molecular weight excluding hydrogens is 254 g/mol. The van der Waals surface area contributed by atoms with Gasteiger partial charge in [-0.3, -0.25) is 4.79 Å². The van der Waals surface area contributed by atoms with Crippen LogP contribution in [0.5, 0.6) is 0 Å². The molecule has 0 aliphatic heterocycles. The highest BCUT2D eigenvalue weighted by Gasteiger charge is 2.11. The van der Waals surface area contributed by atoms with Crippen molar-refractivity contribution in [2.75, 3.05) is 13.7 Å². The maximum atomic E-state index is 11.9. The van der Waals surface area contributed by atoms with E-state index in [9.17, 15) is 4.79 Å². The molecule has 1 amide bonds. The van der Waals surface area contributed by atoms with Crippen LogP contribution in [-0.2, 0) is 4.74 Å². The summed E-state index contributed by atoms with van der Waals surface area (Å²) in [6, 6.07) is 5.16. The number of aromatic nitrogens is 2. The van der Waals surface area contributed by atoms with Gasteiger partial charge in [0.25, 0.3) is 5.91 Å². The van der Waals surface area contributed by atoms with Crippen molar-refractivity contribution >= 4 is 28.5 Å². The lowest BCUT2D eigenvalue weighted by Gasteiger charge is -2.12. The fraction of sp³-hybridized carbons (Fsp3) is 0.333. The molecule has 0 bridgehead atoms. The van der Waals surface area contributed by atoms with E-state index in [0.29, 0.717) is 17.5 Å². The van der Waals surface area contributed by atoms with Gasteiger partial charge < -0.3 is 15.0 Å². The van der Waals surface area contributed by atoms with Gasteiger partial charge in [0.1, 0.15) is 0 Å². The molecule has 0 fully saturated rings. The number of carbonyl (C=O) groups excluding carboxylic acids is 1. The second-order valence-corrected chi connectivity index (χ2v) is 4.45. The van der Waals surface area contributed by atoms with Crippen LogP contribution in [-0.4, -0.2) is 35.6 Å². The first-order chi connectivity index (χ1) is 8.60. The van der Waals surface area contributed by atoms with Gasteiger partial charge in [0.2, 0.25) is 5.28 Å². The quantitative estimate of drug-likeness (QED) is 0.890. The first kappa shape index (κ1) is 12.9. The third-order valence-corrected chi connectivity index (χ3v) is 2.69. The summed E-state index contributed by atoms with van der Waals surface area (Å²) in [4.78, 5) is 18.9. The molecule has 1 heterocycles. The molecule has 96 valence electrons. The number of methoxy groups -OCH3 is 1. The largest absolute Gasteiger partial charge is 0.383 e. The average Bonchev–Trinajstić information content (AvgIpc) is 2.68. The van der Waals surface area contributed by atoms with Gasteiger partial charge in [0, 0.05) is 18.7 Å². The number of ether oxygens (including phenoxy) is 1. The molecule has 5 nitrogen and oxygen atoms in total. The van der Waals surface area contributed by atoms with Crippen LogP contribution in [0.4, 0.5) is 0 Å². The second kappa shape index (κ2) is 5.37. The molecule has 18 heavy (non-hydrogen) atoms. The highest BCUT2D eigenvalue weighted by molar-refractivity contribution is 6.29. The molecule has 0 saturated carbocycles. The number of aromatic amines is 1. The zero-order valence-electron chi connectivity index (χ0n) is 10.2. The number of fused-ring (bicyclic) bond motifs is 1. The standard InChI is InChI=1S/C12H14ClN3O2/c1-7(6-18-2)14-11(17)8-3-4-9-10(5-8)16-12(13)15-9/h3-5,7H,6H2,1-2H3,(H,14,17)(H,15,16)/t7-/m1/s1. The van der Waals surface area contributed by atoms with Crippen molar-refractivity contribution in [3.05, 3.63) is 29.0 Å². The van der Waals surface area contributed by atoms with Crippen LogP contribution in [0.3, 0.4) is 0 Å². The number of hydrogen-bond acceptors (Lipinski definition) is 3. The first-order valence-electron chi connectivity index (χ1n) is 5.55. The summed E-state index contributed by atoms with van der Waals surface area (Å²) in [5.41, 5.74) is 2.04. The Morgan fingerprint density at radius 1 is 1.61 bits per heavy atom. The van der Waals surface area contributed by atoms with E-state index >= 15 is 0 Å². The lowest BCUT2D eigenvalue weighted by Crippen LogP contribution is -2.35. The molecule has 0 spiro atoms. The Bertz CT molecular complexity index is 567. The third kappa shape index (κ3) is 2.80. The normalized spacial score (nSPS) is 12.6. The van der Waals surface area contributed by atoms with Gasteiger partial charge in [-0.1, -0.05) is 0 Å². The zero-order chi connectivity index (χ0) is 13.1. The Hall–Kier alpha value is -1.59. The van der Waals surface area contributed by atoms with E-state index in [1.165, 1.54) is 0 Å². The van der Waals surface area contributed by atoms with Crippen LogP contribution in [0.1, 0.15) is 17.3 Å². The van der Waals surface area contributed by atoms with Crippen molar-refractivity contribution in [2.45, 2.75) is 13.0 Å². The Balaban J connectivity index is 2.17. The molecule has 0 saturated heterocycles. The number of nitrogens with zero attached hydrogens (tertiary/aromatic N) is 1. The van der Waals surface area contributed by atoms with Crippen LogP contribution >= 0.6 is 11.6 Å². The Labute approximate surface area is 109 Å². The van der Waals surface area contributed by atoms with E-state index in [0.717, 1.165) is 11.0 Å². The monoisotopic (exact) mass is 267 g/mol. The summed E-state index contributed by atoms with van der Waals surface area (Å²) in [5.74, 6) is -0.146. The number of imidazole rings is 1. The summed E-state index contributed by atoms with van der Waals surface area (Å²) in [7, 11) is 1.60. The highest BCUT2D eigenvalue weighted by atomic mass is 35.5. The van der Waals surface area contributed by atoms with E-state index in [1.54, 1.807) is 25.3 Å². The Kier molecular flexibility index (Phi) is 3.84. The molecule has 0 unspecified atom stereocenters. The third-order valence-electron chi connectivity index (χ3n) is 2.51. The molecule has 1 aromatic heterocycles. The topological polar surface area (TPSA) is 67.0 Å². The maximum absolute atomic E-state index is 11.9. The SMILES string of the molecule is COC[C@@H](C)NC(=O)c1ccc2nc(Cl)[nH]c2c1. The van der Waals surface area contributed by atoms with Gasteiger partial charge in [-0.05, 0) is 36.7 Å². The lowest BCUT2D eigenvalue weighted by atomic mass is 10.2. The molecule has 2 rings (SSSR count). The summed E-state index contributed by atoms with van der Waals surface area (Å²) in [6.07, 6.45) is 0. The van der Waals surface area contributed by atoms with E-state index in [2.05, 4.69) is 15.3 Å². The molecule has 0 radical (unpaired) electrons. The van der Waals surface area contributed by atoms with Crippen LogP contribution in [0, 0.1) is 0 Å². The number of nitrogens with one attached hydrogen (secondary N) is 2. The van der Waals surface area contributed by atoms with Crippen molar-refractivity contribution in [1.82, 2.24) is 15.3 Å². The van der Waals surface area contributed by atoms with Gasteiger partial charge in [-0.2, -0.15) is 0 Å². The van der Waals surface area contributed by atoms with Crippen molar-refractivity contribution in [2.24, 2.45) is 0 Å². The van der Waals surface area contributed by atoms with Crippen LogP contribution in [0.15, 0.2) is 18.2 Å². The van der Waals surface area contributed by atoms with Crippen LogP contribution in [0.25, 0.3) is 11.0 Å². The van der Waals surface area contributed by atoms with Gasteiger partial charge in [0.05, 0.1) is 17.6 Å². The minimum atomic E-state index is -0.146. The van der Waals surface area contributed by atoms with E-state index in [4.69, 9.17) is 16.3 Å². The van der Waals surface area contributed by atoms with E-state index in [1.807, 2.05) is 6.92 Å². The van der Waals surface area contributed by atoms with Crippen molar-refractivity contribution in [3.8, 4) is 0 Å². The predicted molar refractivity (Wildman–Crippen MR) is 69.9 cm³/mol. The molecular formula is C12H14ClN3O2. The van der Waals surface area contributed by atoms with E-state index < -0.39 is 0 Å². The van der Waals surface area contributed by atoms with Gasteiger partial charge in [0.15, 0.2) is 0 Å². The minimum absolute atomic E-state index is 0.0384. The molecule has 0 aliphatic carbocycles. The summed E-state index contributed by atoms with van der Waals surface area (Å²) in [5, 5.41) is 3.15. The van der Waals surface area contributed by atoms with Gasteiger partial charge in [-0.25, -0.2) is 4.98 Å². The summed E-state index contributed by atoms with van der Waals surface area (Å²) >= 11 is 5.76. The molecule has 0 aliphatic rings. The number of halogens is 1. The van der Waals surface area contributed by atoms with Crippen LogP contribution < -0.4 is 5.32 Å².